The number of carbonyl (C=O) groups is 1. The maximum absolute atomic E-state index is 11.3. The molecule has 0 atom stereocenters. The molecular formula is C14H20O4S. The number of ketones is 1. The number of hydrogen-bond donors (Lipinski definition) is 0. The number of sulfone groups is 1. The summed E-state index contributed by atoms with van der Waals surface area (Å²) in [7, 11) is -2.93. The third kappa shape index (κ3) is 5.03. The Balaban J connectivity index is 2.53. The van der Waals surface area contributed by atoms with E-state index in [1.54, 1.807) is 25.1 Å². The van der Waals surface area contributed by atoms with Crippen LogP contribution in [0.1, 0.15) is 36.2 Å². The van der Waals surface area contributed by atoms with Crippen molar-refractivity contribution in [1.82, 2.24) is 0 Å². The summed E-state index contributed by atoms with van der Waals surface area (Å²) in [6, 6.07) is 5.24. The van der Waals surface area contributed by atoms with Crippen LogP contribution in [0, 0.1) is 6.92 Å². The van der Waals surface area contributed by atoms with Crippen molar-refractivity contribution in [1.29, 1.82) is 0 Å². The molecule has 0 spiro atoms. The molecule has 0 aromatic heterocycles. The summed E-state index contributed by atoms with van der Waals surface area (Å²) in [6.45, 7) is 5.38. The van der Waals surface area contributed by atoms with Gasteiger partial charge in [0.15, 0.2) is 5.78 Å². The van der Waals surface area contributed by atoms with Gasteiger partial charge in [0.1, 0.15) is 15.6 Å². The molecule has 0 unspecified atom stereocenters. The van der Waals surface area contributed by atoms with Crippen molar-refractivity contribution in [2.75, 3.05) is 18.1 Å². The second-order valence-electron chi connectivity index (χ2n) is 4.47. The molecule has 4 nitrogen and oxygen atoms in total. The van der Waals surface area contributed by atoms with Gasteiger partial charge >= 0.3 is 0 Å². The van der Waals surface area contributed by atoms with E-state index >= 15 is 0 Å². The first kappa shape index (κ1) is 15.7. The summed E-state index contributed by atoms with van der Waals surface area (Å²) >= 11 is 0. The van der Waals surface area contributed by atoms with Crippen molar-refractivity contribution >= 4 is 15.6 Å². The summed E-state index contributed by atoms with van der Waals surface area (Å²) in [5.41, 5.74) is 1.53. The lowest BCUT2D eigenvalue weighted by atomic mass is 10.1. The minimum atomic E-state index is -2.93. The smallest absolute Gasteiger partial charge is 0.159 e. The lowest BCUT2D eigenvalue weighted by Crippen LogP contribution is -2.12. The van der Waals surface area contributed by atoms with Crippen LogP contribution in [0.4, 0.5) is 0 Å². The lowest BCUT2D eigenvalue weighted by molar-refractivity contribution is 0.101. The quantitative estimate of drug-likeness (QED) is 0.570. The zero-order valence-corrected chi connectivity index (χ0v) is 12.4. The van der Waals surface area contributed by atoms with E-state index < -0.39 is 9.84 Å². The average Bonchev–Trinajstić information content (AvgIpc) is 2.36. The summed E-state index contributed by atoms with van der Waals surface area (Å²) < 4.78 is 28.1. The fraction of sp³-hybridized carbons (Fsp3) is 0.500. The monoisotopic (exact) mass is 284 g/mol. The summed E-state index contributed by atoms with van der Waals surface area (Å²) in [5.74, 6) is 1.02. The summed E-state index contributed by atoms with van der Waals surface area (Å²) in [4.78, 5) is 11.2. The van der Waals surface area contributed by atoms with Crippen molar-refractivity contribution in [2.24, 2.45) is 0 Å². The molecule has 106 valence electrons. The third-order valence-corrected chi connectivity index (χ3v) is 4.67. The Bertz CT molecular complexity index is 547. The molecule has 0 amide bonds. The predicted molar refractivity (Wildman–Crippen MR) is 75.6 cm³/mol. The van der Waals surface area contributed by atoms with Crippen molar-refractivity contribution in [2.45, 2.75) is 27.2 Å². The van der Waals surface area contributed by atoms with Gasteiger partial charge in [-0.15, -0.1) is 0 Å². The maximum atomic E-state index is 11.3. The van der Waals surface area contributed by atoms with Gasteiger partial charge in [0, 0.05) is 11.3 Å². The first-order valence-electron chi connectivity index (χ1n) is 6.30. The molecule has 0 aliphatic heterocycles. The van der Waals surface area contributed by atoms with Crippen LogP contribution >= 0.6 is 0 Å². The Morgan fingerprint density at radius 1 is 1.32 bits per heavy atom. The van der Waals surface area contributed by atoms with Gasteiger partial charge in [-0.05, 0) is 44.0 Å². The number of carbonyl (C=O) groups excluding carboxylic acids is 1. The van der Waals surface area contributed by atoms with Crippen LogP contribution in [0.3, 0.4) is 0 Å². The molecule has 1 aromatic carbocycles. The normalized spacial score (nSPS) is 11.3. The summed E-state index contributed by atoms with van der Waals surface area (Å²) in [5, 5.41) is 0. The third-order valence-electron chi connectivity index (χ3n) is 2.88. The second kappa shape index (κ2) is 6.70. The molecule has 19 heavy (non-hydrogen) atoms. The van der Waals surface area contributed by atoms with Crippen LogP contribution in [-0.4, -0.2) is 32.3 Å². The Labute approximate surface area is 114 Å². The van der Waals surface area contributed by atoms with E-state index in [0.717, 1.165) is 5.56 Å². The van der Waals surface area contributed by atoms with Gasteiger partial charge in [0.25, 0.3) is 0 Å². The number of hydrogen-bond acceptors (Lipinski definition) is 4. The molecule has 0 bridgehead atoms. The van der Waals surface area contributed by atoms with E-state index in [1.165, 1.54) is 6.92 Å². The summed E-state index contributed by atoms with van der Waals surface area (Å²) in [6.07, 6.45) is 0.476. The van der Waals surface area contributed by atoms with Crippen LogP contribution in [0.25, 0.3) is 0 Å². The highest BCUT2D eigenvalue weighted by molar-refractivity contribution is 7.91. The highest BCUT2D eigenvalue weighted by Gasteiger charge is 2.08. The van der Waals surface area contributed by atoms with Crippen molar-refractivity contribution < 1.29 is 17.9 Å². The molecule has 1 aromatic rings. The lowest BCUT2D eigenvalue weighted by Gasteiger charge is -2.10. The number of Topliss-reactive ketones (excluding diaryl/α,β-unsaturated/α-hetero) is 1. The van der Waals surface area contributed by atoms with E-state index in [0.29, 0.717) is 24.3 Å². The Hall–Kier alpha value is -1.36. The van der Waals surface area contributed by atoms with Gasteiger partial charge < -0.3 is 4.74 Å². The number of benzene rings is 1. The van der Waals surface area contributed by atoms with Gasteiger partial charge in [-0.1, -0.05) is 6.92 Å². The second-order valence-corrected chi connectivity index (χ2v) is 6.95. The van der Waals surface area contributed by atoms with E-state index in [2.05, 4.69) is 0 Å². The minimum absolute atomic E-state index is 0.0173. The Morgan fingerprint density at radius 2 is 2.00 bits per heavy atom. The standard InChI is InChI=1S/C14H20O4S/c1-4-19(16,17)9-5-8-18-14-7-6-13(12(3)15)10-11(14)2/h6-7,10H,4-5,8-9H2,1-3H3. The topological polar surface area (TPSA) is 60.4 Å². The average molecular weight is 284 g/mol. The fourth-order valence-corrected chi connectivity index (χ4v) is 2.48. The molecule has 0 aliphatic carbocycles. The van der Waals surface area contributed by atoms with E-state index in [9.17, 15) is 13.2 Å². The van der Waals surface area contributed by atoms with Gasteiger partial charge in [-0.25, -0.2) is 8.42 Å². The molecule has 5 heteroatoms. The molecule has 0 heterocycles. The van der Waals surface area contributed by atoms with Crippen LogP contribution < -0.4 is 4.74 Å². The van der Waals surface area contributed by atoms with Crippen LogP contribution in [0.15, 0.2) is 18.2 Å². The largest absolute Gasteiger partial charge is 0.493 e. The first-order chi connectivity index (χ1) is 8.85. The molecule has 0 saturated heterocycles. The van der Waals surface area contributed by atoms with Crippen molar-refractivity contribution in [3.8, 4) is 5.75 Å². The van der Waals surface area contributed by atoms with Crippen molar-refractivity contribution in [3.05, 3.63) is 29.3 Å². The van der Waals surface area contributed by atoms with Gasteiger partial charge in [-0.2, -0.15) is 0 Å². The molecule has 0 aliphatic rings. The molecular weight excluding hydrogens is 264 g/mol. The Kier molecular flexibility index (Phi) is 5.54. The first-order valence-corrected chi connectivity index (χ1v) is 8.12. The molecule has 0 radical (unpaired) electrons. The van der Waals surface area contributed by atoms with Crippen LogP contribution in [0.2, 0.25) is 0 Å². The number of ether oxygens (including phenoxy) is 1. The molecule has 0 saturated carbocycles. The SMILES string of the molecule is CCS(=O)(=O)CCCOc1ccc(C(C)=O)cc1C. The molecule has 1 rings (SSSR count). The number of rotatable bonds is 7. The maximum Gasteiger partial charge on any atom is 0.159 e. The zero-order chi connectivity index (χ0) is 14.5. The number of aryl methyl sites for hydroxylation is 1. The van der Waals surface area contributed by atoms with Gasteiger partial charge in [-0.3, -0.25) is 4.79 Å². The fourth-order valence-electron chi connectivity index (χ4n) is 1.64. The van der Waals surface area contributed by atoms with E-state index in [-0.39, 0.29) is 17.3 Å². The van der Waals surface area contributed by atoms with Gasteiger partial charge in [0.2, 0.25) is 0 Å². The zero-order valence-electron chi connectivity index (χ0n) is 11.6. The molecule has 0 fully saturated rings. The highest BCUT2D eigenvalue weighted by atomic mass is 32.2. The van der Waals surface area contributed by atoms with E-state index in [4.69, 9.17) is 4.74 Å². The minimum Gasteiger partial charge on any atom is -0.493 e. The Morgan fingerprint density at radius 3 is 2.53 bits per heavy atom. The highest BCUT2D eigenvalue weighted by Crippen LogP contribution is 2.19. The predicted octanol–water partition coefficient (Wildman–Crippen LogP) is 2.40. The van der Waals surface area contributed by atoms with Crippen LogP contribution in [-0.2, 0) is 9.84 Å². The molecule has 0 N–H and O–H groups in total. The van der Waals surface area contributed by atoms with Gasteiger partial charge in [0.05, 0.1) is 12.4 Å². The van der Waals surface area contributed by atoms with Crippen LogP contribution in [0.5, 0.6) is 5.75 Å². The van der Waals surface area contributed by atoms with Crippen molar-refractivity contribution in [3.63, 3.8) is 0 Å². The van der Waals surface area contributed by atoms with E-state index in [1.807, 2.05) is 6.92 Å².